The lowest BCUT2D eigenvalue weighted by Gasteiger charge is -2.20. The molecule has 4 nitrogen and oxygen atoms in total. The predicted molar refractivity (Wildman–Crippen MR) is 139 cm³/mol. The summed E-state index contributed by atoms with van der Waals surface area (Å²) in [7, 11) is 3.34. The number of methoxy groups -OCH3 is 2. The summed E-state index contributed by atoms with van der Waals surface area (Å²) < 4.78 is 17.3. The van der Waals surface area contributed by atoms with E-state index in [2.05, 4.69) is 55.5 Å². The molecule has 0 saturated carbocycles. The van der Waals surface area contributed by atoms with Crippen LogP contribution in [-0.4, -0.2) is 38.3 Å². The Labute approximate surface area is 206 Å². The summed E-state index contributed by atoms with van der Waals surface area (Å²) in [4.78, 5) is 6.22. The van der Waals surface area contributed by atoms with Crippen LogP contribution in [0.25, 0.3) is 0 Å². The van der Waals surface area contributed by atoms with Crippen molar-refractivity contribution in [2.24, 2.45) is 10.9 Å². The summed E-state index contributed by atoms with van der Waals surface area (Å²) in [6.45, 7) is 3.12. The molecule has 2 aliphatic rings. The fourth-order valence-electron chi connectivity index (χ4n) is 4.73. The Bertz CT molecular complexity index is 1190. The SMILES string of the molecule is COc1ccc(CC2=NCCc3cc4c(cc32)C[C@H]([C@H](C)CSc2ccccc2)O4)cc1OC. The topological polar surface area (TPSA) is 40.0 Å². The molecule has 0 unspecified atom stereocenters. The molecule has 3 aromatic carbocycles. The van der Waals surface area contributed by atoms with Gasteiger partial charge in [-0.2, -0.15) is 0 Å². The molecule has 0 aliphatic carbocycles. The fourth-order valence-corrected chi connectivity index (χ4v) is 5.75. The van der Waals surface area contributed by atoms with Gasteiger partial charge in [0.25, 0.3) is 0 Å². The highest BCUT2D eigenvalue weighted by Crippen LogP contribution is 2.37. The third kappa shape index (κ3) is 4.80. The van der Waals surface area contributed by atoms with E-state index in [1.807, 2.05) is 23.9 Å². The van der Waals surface area contributed by atoms with E-state index in [4.69, 9.17) is 19.2 Å². The monoisotopic (exact) mass is 473 g/mol. The molecule has 0 fully saturated rings. The number of aliphatic imine (C=N–C) groups is 1. The van der Waals surface area contributed by atoms with Crippen molar-refractivity contribution in [1.82, 2.24) is 0 Å². The molecule has 0 aromatic heterocycles. The summed E-state index contributed by atoms with van der Waals surface area (Å²) in [6.07, 6.45) is 2.93. The molecule has 0 saturated heterocycles. The number of benzene rings is 3. The van der Waals surface area contributed by atoms with Crippen LogP contribution < -0.4 is 14.2 Å². The smallest absolute Gasteiger partial charge is 0.160 e. The average Bonchev–Trinajstić information content (AvgIpc) is 3.30. The number of hydrogen-bond donors (Lipinski definition) is 0. The molecule has 5 rings (SSSR count). The molecule has 0 spiro atoms. The van der Waals surface area contributed by atoms with E-state index >= 15 is 0 Å². The molecule has 0 amide bonds. The first kappa shape index (κ1) is 22.9. The van der Waals surface area contributed by atoms with Gasteiger partial charge in [0.15, 0.2) is 11.5 Å². The van der Waals surface area contributed by atoms with Crippen LogP contribution >= 0.6 is 11.8 Å². The lowest BCUT2D eigenvalue weighted by Crippen LogP contribution is -2.24. The summed E-state index contributed by atoms with van der Waals surface area (Å²) in [6, 6.07) is 21.3. The number of ether oxygens (including phenoxy) is 3. The molecule has 2 atom stereocenters. The molecule has 176 valence electrons. The van der Waals surface area contributed by atoms with Crippen LogP contribution in [0.3, 0.4) is 0 Å². The molecule has 2 aliphatic heterocycles. The first-order chi connectivity index (χ1) is 16.6. The molecule has 5 heteroatoms. The predicted octanol–water partition coefficient (Wildman–Crippen LogP) is 6.02. The Morgan fingerprint density at radius 2 is 1.82 bits per heavy atom. The Balaban J connectivity index is 1.30. The molecule has 0 radical (unpaired) electrons. The number of nitrogens with zero attached hydrogens (tertiary/aromatic N) is 1. The van der Waals surface area contributed by atoms with Crippen molar-refractivity contribution < 1.29 is 14.2 Å². The van der Waals surface area contributed by atoms with Gasteiger partial charge in [0.2, 0.25) is 0 Å². The largest absolute Gasteiger partial charge is 0.493 e. The molecule has 34 heavy (non-hydrogen) atoms. The summed E-state index contributed by atoms with van der Waals surface area (Å²) in [5.74, 6) is 4.08. The third-order valence-electron chi connectivity index (χ3n) is 6.69. The van der Waals surface area contributed by atoms with Crippen molar-refractivity contribution in [3.8, 4) is 17.2 Å². The number of thioether (sulfide) groups is 1. The van der Waals surface area contributed by atoms with Crippen LogP contribution in [0.2, 0.25) is 0 Å². The number of fused-ring (bicyclic) bond motifs is 2. The Hall–Kier alpha value is -2.92. The zero-order chi connectivity index (χ0) is 23.5. The van der Waals surface area contributed by atoms with Crippen LogP contribution in [-0.2, 0) is 19.3 Å². The first-order valence-corrected chi connectivity index (χ1v) is 12.9. The third-order valence-corrected chi connectivity index (χ3v) is 7.99. The van der Waals surface area contributed by atoms with E-state index in [0.29, 0.717) is 5.92 Å². The molecule has 0 N–H and O–H groups in total. The van der Waals surface area contributed by atoms with E-state index < -0.39 is 0 Å². The van der Waals surface area contributed by atoms with Gasteiger partial charge < -0.3 is 14.2 Å². The van der Waals surface area contributed by atoms with Crippen molar-refractivity contribution in [3.05, 3.63) is 82.9 Å². The number of rotatable bonds is 8. The average molecular weight is 474 g/mol. The van der Waals surface area contributed by atoms with Gasteiger partial charge in [-0.15, -0.1) is 11.8 Å². The van der Waals surface area contributed by atoms with Gasteiger partial charge in [-0.25, -0.2) is 0 Å². The van der Waals surface area contributed by atoms with Crippen molar-refractivity contribution in [2.45, 2.75) is 37.2 Å². The standard InChI is InChI=1S/C29H31NO3S/c1-19(18-34-23-7-5-4-6-8-23)27-17-22-15-24-21(16-28(22)33-27)11-12-30-25(24)13-20-9-10-26(31-2)29(14-20)32-3/h4-10,14-16,19,27H,11-13,17-18H2,1-3H3/t19-,27-/m1/s1. The maximum Gasteiger partial charge on any atom is 0.160 e. The van der Waals surface area contributed by atoms with Gasteiger partial charge in [-0.1, -0.05) is 31.2 Å². The Morgan fingerprint density at radius 1 is 1.00 bits per heavy atom. The van der Waals surface area contributed by atoms with E-state index in [1.165, 1.54) is 27.1 Å². The second kappa shape index (κ2) is 10.1. The van der Waals surface area contributed by atoms with E-state index in [9.17, 15) is 0 Å². The summed E-state index contributed by atoms with van der Waals surface area (Å²) in [5, 5.41) is 0. The highest BCUT2D eigenvalue weighted by Gasteiger charge is 2.30. The first-order valence-electron chi connectivity index (χ1n) is 11.9. The van der Waals surface area contributed by atoms with E-state index in [0.717, 1.165) is 54.5 Å². The lowest BCUT2D eigenvalue weighted by atomic mass is 9.90. The van der Waals surface area contributed by atoms with E-state index in [1.54, 1.807) is 14.2 Å². The highest BCUT2D eigenvalue weighted by atomic mass is 32.2. The van der Waals surface area contributed by atoms with Gasteiger partial charge in [0.05, 0.1) is 14.2 Å². The summed E-state index contributed by atoms with van der Waals surface area (Å²) in [5.41, 5.74) is 6.24. The highest BCUT2D eigenvalue weighted by molar-refractivity contribution is 7.99. The lowest BCUT2D eigenvalue weighted by molar-refractivity contribution is 0.181. The van der Waals surface area contributed by atoms with Crippen LogP contribution in [0.15, 0.2) is 70.6 Å². The molecule has 3 aromatic rings. The van der Waals surface area contributed by atoms with Gasteiger partial charge in [0, 0.05) is 41.7 Å². The second-order valence-electron chi connectivity index (χ2n) is 9.02. The Morgan fingerprint density at radius 3 is 2.62 bits per heavy atom. The quantitative estimate of drug-likeness (QED) is 0.375. The van der Waals surface area contributed by atoms with Crippen molar-refractivity contribution in [1.29, 1.82) is 0 Å². The van der Waals surface area contributed by atoms with Crippen molar-refractivity contribution >= 4 is 17.5 Å². The minimum absolute atomic E-state index is 0.223. The molecule has 2 heterocycles. The maximum atomic E-state index is 6.45. The van der Waals surface area contributed by atoms with E-state index in [-0.39, 0.29) is 6.10 Å². The van der Waals surface area contributed by atoms with Crippen molar-refractivity contribution in [3.63, 3.8) is 0 Å². The Kier molecular flexibility index (Phi) is 6.82. The van der Waals surface area contributed by atoms with Gasteiger partial charge >= 0.3 is 0 Å². The fraction of sp³-hybridized carbons (Fsp3) is 0.345. The minimum atomic E-state index is 0.223. The second-order valence-corrected chi connectivity index (χ2v) is 10.1. The van der Waals surface area contributed by atoms with Gasteiger partial charge in [0.1, 0.15) is 11.9 Å². The zero-order valence-corrected chi connectivity index (χ0v) is 20.9. The van der Waals surface area contributed by atoms with Crippen LogP contribution in [0.4, 0.5) is 0 Å². The minimum Gasteiger partial charge on any atom is -0.493 e. The summed E-state index contributed by atoms with van der Waals surface area (Å²) >= 11 is 1.91. The molecular formula is C29H31NO3S. The van der Waals surface area contributed by atoms with Crippen LogP contribution in [0.5, 0.6) is 17.2 Å². The van der Waals surface area contributed by atoms with Crippen LogP contribution in [0, 0.1) is 5.92 Å². The maximum absolute atomic E-state index is 6.45. The number of hydrogen-bond acceptors (Lipinski definition) is 5. The molecular weight excluding hydrogens is 442 g/mol. The van der Waals surface area contributed by atoms with Crippen molar-refractivity contribution in [2.75, 3.05) is 26.5 Å². The molecule has 0 bridgehead atoms. The van der Waals surface area contributed by atoms with Gasteiger partial charge in [-0.05, 0) is 65.1 Å². The van der Waals surface area contributed by atoms with Gasteiger partial charge in [-0.3, -0.25) is 4.99 Å². The normalized spacial score (nSPS) is 17.3. The van der Waals surface area contributed by atoms with Crippen LogP contribution in [0.1, 0.15) is 29.2 Å². The zero-order valence-electron chi connectivity index (χ0n) is 20.0.